The second-order valence-electron chi connectivity index (χ2n) is 4.96. The fourth-order valence-electron chi connectivity index (χ4n) is 2.07. The first-order chi connectivity index (χ1) is 10.5. The SMILES string of the molecule is C=CCNS(=O)(=O)c1ccc(C(=O)N(CCC)CCC)cc1. The lowest BCUT2D eigenvalue weighted by atomic mass is 10.2. The molecule has 0 fully saturated rings. The minimum Gasteiger partial charge on any atom is -0.339 e. The van der Waals surface area contributed by atoms with E-state index in [4.69, 9.17) is 0 Å². The third-order valence-corrected chi connectivity index (χ3v) is 4.54. The van der Waals surface area contributed by atoms with E-state index in [9.17, 15) is 13.2 Å². The van der Waals surface area contributed by atoms with Gasteiger partial charge in [-0.15, -0.1) is 6.58 Å². The van der Waals surface area contributed by atoms with Gasteiger partial charge in [-0.2, -0.15) is 0 Å². The second-order valence-corrected chi connectivity index (χ2v) is 6.72. The highest BCUT2D eigenvalue weighted by atomic mass is 32.2. The molecule has 1 N–H and O–H groups in total. The standard InChI is InChI=1S/C16H24N2O3S/c1-4-11-17-22(20,21)15-9-7-14(8-10-15)16(19)18(12-5-2)13-6-3/h4,7-10,17H,1,5-6,11-13H2,2-3H3. The Kier molecular flexibility index (Phi) is 7.27. The smallest absolute Gasteiger partial charge is 0.253 e. The summed E-state index contributed by atoms with van der Waals surface area (Å²) in [6, 6.07) is 6.02. The molecular weight excluding hydrogens is 300 g/mol. The third-order valence-electron chi connectivity index (χ3n) is 3.10. The molecule has 122 valence electrons. The van der Waals surface area contributed by atoms with Gasteiger partial charge in [-0.05, 0) is 37.1 Å². The number of carbonyl (C=O) groups excluding carboxylic acids is 1. The van der Waals surface area contributed by atoms with Crippen LogP contribution in [-0.2, 0) is 10.0 Å². The monoisotopic (exact) mass is 324 g/mol. The lowest BCUT2D eigenvalue weighted by Crippen LogP contribution is -2.32. The van der Waals surface area contributed by atoms with E-state index in [1.165, 1.54) is 18.2 Å². The number of hydrogen-bond donors (Lipinski definition) is 1. The van der Waals surface area contributed by atoms with Crippen molar-refractivity contribution in [3.8, 4) is 0 Å². The summed E-state index contributed by atoms with van der Waals surface area (Å²) in [7, 11) is -3.55. The topological polar surface area (TPSA) is 66.5 Å². The predicted octanol–water partition coefficient (Wildman–Crippen LogP) is 2.41. The minimum absolute atomic E-state index is 0.0632. The third kappa shape index (κ3) is 4.96. The van der Waals surface area contributed by atoms with Crippen molar-refractivity contribution in [1.82, 2.24) is 9.62 Å². The van der Waals surface area contributed by atoms with Crippen LogP contribution in [0.15, 0.2) is 41.8 Å². The highest BCUT2D eigenvalue weighted by Crippen LogP contribution is 2.13. The fourth-order valence-corrected chi connectivity index (χ4v) is 3.06. The van der Waals surface area contributed by atoms with Gasteiger partial charge in [-0.25, -0.2) is 13.1 Å². The van der Waals surface area contributed by atoms with Crippen LogP contribution in [-0.4, -0.2) is 38.9 Å². The molecule has 0 saturated carbocycles. The lowest BCUT2D eigenvalue weighted by molar-refractivity contribution is 0.0755. The van der Waals surface area contributed by atoms with Gasteiger partial charge in [0.05, 0.1) is 4.90 Å². The maximum absolute atomic E-state index is 12.4. The first kappa shape index (κ1) is 18.4. The van der Waals surface area contributed by atoms with E-state index >= 15 is 0 Å². The number of hydrogen-bond acceptors (Lipinski definition) is 3. The summed E-state index contributed by atoms with van der Waals surface area (Å²) in [6.45, 7) is 9.10. The van der Waals surface area contributed by atoms with Crippen LogP contribution in [0.4, 0.5) is 0 Å². The van der Waals surface area contributed by atoms with Crippen LogP contribution >= 0.6 is 0 Å². The Labute approximate surface area is 133 Å². The lowest BCUT2D eigenvalue weighted by Gasteiger charge is -2.21. The Balaban J connectivity index is 2.91. The highest BCUT2D eigenvalue weighted by Gasteiger charge is 2.17. The molecular formula is C16H24N2O3S. The number of amides is 1. The summed E-state index contributed by atoms with van der Waals surface area (Å²) in [5.41, 5.74) is 0.504. The number of sulfonamides is 1. The van der Waals surface area contributed by atoms with Crippen molar-refractivity contribution in [2.24, 2.45) is 0 Å². The first-order valence-corrected chi connectivity index (χ1v) is 8.94. The van der Waals surface area contributed by atoms with Gasteiger partial charge < -0.3 is 4.90 Å². The Morgan fingerprint density at radius 3 is 2.18 bits per heavy atom. The van der Waals surface area contributed by atoms with E-state index in [1.807, 2.05) is 13.8 Å². The Hall–Kier alpha value is -1.66. The van der Waals surface area contributed by atoms with Crippen LogP contribution in [0.2, 0.25) is 0 Å². The van der Waals surface area contributed by atoms with Gasteiger partial charge in [-0.3, -0.25) is 4.79 Å². The summed E-state index contributed by atoms with van der Waals surface area (Å²) in [6.07, 6.45) is 3.26. The molecule has 0 aromatic heterocycles. The highest BCUT2D eigenvalue weighted by molar-refractivity contribution is 7.89. The van der Waals surface area contributed by atoms with Crippen LogP contribution in [0.5, 0.6) is 0 Å². The molecule has 0 atom stereocenters. The van der Waals surface area contributed by atoms with Crippen molar-refractivity contribution in [3.63, 3.8) is 0 Å². The van der Waals surface area contributed by atoms with Gasteiger partial charge in [-0.1, -0.05) is 19.9 Å². The summed E-state index contributed by atoms with van der Waals surface area (Å²) in [5, 5.41) is 0. The average molecular weight is 324 g/mol. The predicted molar refractivity (Wildman–Crippen MR) is 88.3 cm³/mol. The number of nitrogens with one attached hydrogen (secondary N) is 1. The molecule has 1 rings (SSSR count). The maximum Gasteiger partial charge on any atom is 0.253 e. The second kappa shape index (κ2) is 8.70. The Morgan fingerprint density at radius 2 is 1.73 bits per heavy atom. The molecule has 0 aliphatic heterocycles. The van der Waals surface area contributed by atoms with Crippen LogP contribution < -0.4 is 4.72 Å². The molecule has 22 heavy (non-hydrogen) atoms. The molecule has 0 saturated heterocycles. The molecule has 0 radical (unpaired) electrons. The molecule has 5 nitrogen and oxygen atoms in total. The molecule has 1 amide bonds. The molecule has 6 heteroatoms. The average Bonchev–Trinajstić information content (AvgIpc) is 2.52. The van der Waals surface area contributed by atoms with Gasteiger partial charge in [0.15, 0.2) is 0 Å². The van der Waals surface area contributed by atoms with Crippen molar-refractivity contribution >= 4 is 15.9 Å². The van der Waals surface area contributed by atoms with E-state index in [2.05, 4.69) is 11.3 Å². The summed E-state index contributed by atoms with van der Waals surface area (Å²) in [5.74, 6) is -0.0632. The van der Waals surface area contributed by atoms with Crippen molar-refractivity contribution in [3.05, 3.63) is 42.5 Å². The number of nitrogens with zero attached hydrogens (tertiary/aromatic N) is 1. The van der Waals surface area contributed by atoms with Crippen molar-refractivity contribution in [2.45, 2.75) is 31.6 Å². The molecule has 0 aliphatic rings. The Morgan fingerprint density at radius 1 is 1.18 bits per heavy atom. The van der Waals surface area contributed by atoms with Gasteiger partial charge in [0.1, 0.15) is 0 Å². The molecule has 0 aliphatic carbocycles. The number of carbonyl (C=O) groups is 1. The zero-order chi connectivity index (χ0) is 16.6. The number of rotatable bonds is 9. The van der Waals surface area contributed by atoms with Gasteiger partial charge in [0, 0.05) is 25.2 Å². The zero-order valence-corrected chi connectivity index (χ0v) is 14.0. The molecule has 0 bridgehead atoms. The van der Waals surface area contributed by atoms with Gasteiger partial charge >= 0.3 is 0 Å². The minimum atomic E-state index is -3.55. The normalized spacial score (nSPS) is 11.2. The van der Waals surface area contributed by atoms with Crippen molar-refractivity contribution in [2.75, 3.05) is 19.6 Å². The van der Waals surface area contributed by atoms with E-state index in [0.29, 0.717) is 18.7 Å². The van der Waals surface area contributed by atoms with E-state index in [1.54, 1.807) is 17.0 Å². The fraction of sp³-hybridized carbons (Fsp3) is 0.438. The summed E-state index contributed by atoms with van der Waals surface area (Å²) >= 11 is 0. The first-order valence-electron chi connectivity index (χ1n) is 7.46. The number of benzene rings is 1. The Bertz CT molecular complexity index is 588. The molecule has 1 aromatic carbocycles. The molecule has 0 heterocycles. The summed E-state index contributed by atoms with van der Waals surface area (Å²) in [4.78, 5) is 14.3. The van der Waals surface area contributed by atoms with E-state index < -0.39 is 10.0 Å². The van der Waals surface area contributed by atoms with E-state index in [-0.39, 0.29) is 17.3 Å². The van der Waals surface area contributed by atoms with Gasteiger partial charge in [0.2, 0.25) is 10.0 Å². The van der Waals surface area contributed by atoms with Crippen LogP contribution in [0.3, 0.4) is 0 Å². The molecule has 1 aromatic rings. The maximum atomic E-state index is 12.4. The summed E-state index contributed by atoms with van der Waals surface area (Å²) < 4.78 is 26.3. The largest absolute Gasteiger partial charge is 0.339 e. The molecule has 0 spiro atoms. The van der Waals surface area contributed by atoms with Crippen LogP contribution in [0, 0.1) is 0 Å². The van der Waals surface area contributed by atoms with E-state index in [0.717, 1.165) is 12.8 Å². The van der Waals surface area contributed by atoms with Crippen molar-refractivity contribution < 1.29 is 13.2 Å². The zero-order valence-electron chi connectivity index (χ0n) is 13.2. The van der Waals surface area contributed by atoms with Crippen molar-refractivity contribution in [1.29, 1.82) is 0 Å². The molecule has 0 unspecified atom stereocenters. The van der Waals surface area contributed by atoms with Crippen LogP contribution in [0.1, 0.15) is 37.0 Å². The van der Waals surface area contributed by atoms with Crippen LogP contribution in [0.25, 0.3) is 0 Å². The van der Waals surface area contributed by atoms with Gasteiger partial charge in [0.25, 0.3) is 5.91 Å². The quantitative estimate of drug-likeness (QED) is 0.709.